The smallest absolute Gasteiger partial charge is 0.135 e. The van der Waals surface area contributed by atoms with Crippen LogP contribution in [0.4, 0.5) is 0 Å². The fraction of sp³-hybridized carbons (Fsp3) is 0.964. The van der Waals surface area contributed by atoms with Crippen molar-refractivity contribution >= 4 is 5.78 Å². The van der Waals surface area contributed by atoms with Crippen molar-refractivity contribution in [1.29, 1.82) is 0 Å². The van der Waals surface area contributed by atoms with Gasteiger partial charge in [-0.1, -0.05) is 13.8 Å². The fourth-order valence-corrected chi connectivity index (χ4v) is 10.2. The summed E-state index contributed by atoms with van der Waals surface area (Å²) in [5, 5.41) is 22.7. The molecule has 0 aromatic rings. The Hall–Kier alpha value is -0.490. The summed E-state index contributed by atoms with van der Waals surface area (Å²) in [5.41, 5.74) is 0.366. The Morgan fingerprint density at radius 2 is 1.52 bits per heavy atom. The molecule has 186 valence electrons. The number of nitrogens with zero attached hydrogens (tertiary/aromatic N) is 2. The lowest BCUT2D eigenvalue weighted by atomic mass is 9.44. The highest BCUT2D eigenvalue weighted by Gasteiger charge is 2.63. The molecule has 5 nitrogen and oxygen atoms in total. The van der Waals surface area contributed by atoms with E-state index in [-0.39, 0.29) is 29.1 Å². The van der Waals surface area contributed by atoms with E-state index < -0.39 is 0 Å². The molecule has 4 saturated carbocycles. The van der Waals surface area contributed by atoms with Crippen molar-refractivity contribution in [3.05, 3.63) is 0 Å². The van der Waals surface area contributed by atoms with Gasteiger partial charge in [0.25, 0.3) is 0 Å². The molecule has 33 heavy (non-hydrogen) atoms. The van der Waals surface area contributed by atoms with Crippen LogP contribution in [0.3, 0.4) is 0 Å². The molecule has 2 heterocycles. The maximum Gasteiger partial charge on any atom is 0.135 e. The van der Waals surface area contributed by atoms with Crippen LogP contribution in [0.5, 0.6) is 0 Å². The maximum absolute atomic E-state index is 11.8. The topological polar surface area (TPSA) is 64.0 Å². The predicted molar refractivity (Wildman–Crippen MR) is 129 cm³/mol. The normalized spacial score (nSPS) is 53.5. The van der Waals surface area contributed by atoms with Crippen LogP contribution in [0.1, 0.15) is 84.5 Å². The molecule has 0 aromatic heterocycles. The monoisotopic (exact) mass is 458 g/mol. The van der Waals surface area contributed by atoms with E-state index in [0.29, 0.717) is 36.5 Å². The fourth-order valence-electron chi connectivity index (χ4n) is 10.2. The third-order valence-corrected chi connectivity index (χ3v) is 12.1. The van der Waals surface area contributed by atoms with Gasteiger partial charge in [0.05, 0.1) is 12.2 Å². The maximum atomic E-state index is 11.8. The molecule has 5 unspecified atom stereocenters. The number of Topliss-reactive ketones (excluding diaryl/α,β-unsaturated/α-hetero) is 1. The number of fused-ring (bicyclic) bond motifs is 5. The Kier molecular flexibility index (Phi) is 5.76. The Balaban J connectivity index is 1.24. The van der Waals surface area contributed by atoms with Gasteiger partial charge in [-0.2, -0.15) is 0 Å². The number of ketones is 1. The Bertz CT molecular complexity index is 758. The lowest BCUT2D eigenvalue weighted by Gasteiger charge is -2.62. The first-order valence-electron chi connectivity index (χ1n) is 14.2. The Morgan fingerprint density at radius 1 is 0.818 bits per heavy atom. The number of piperidine rings is 1. The van der Waals surface area contributed by atoms with Gasteiger partial charge >= 0.3 is 0 Å². The number of hydrogen-bond acceptors (Lipinski definition) is 5. The highest BCUT2D eigenvalue weighted by Crippen LogP contribution is 2.66. The zero-order chi connectivity index (χ0) is 23.0. The lowest BCUT2D eigenvalue weighted by Crippen LogP contribution is -2.60. The van der Waals surface area contributed by atoms with E-state index in [2.05, 4.69) is 23.6 Å². The molecule has 0 radical (unpaired) electrons. The molecule has 0 spiro atoms. The summed E-state index contributed by atoms with van der Waals surface area (Å²) in [6, 6.07) is 0.594. The van der Waals surface area contributed by atoms with Crippen LogP contribution in [0.15, 0.2) is 0 Å². The van der Waals surface area contributed by atoms with Crippen molar-refractivity contribution in [3.63, 3.8) is 0 Å². The second-order valence-corrected chi connectivity index (χ2v) is 13.3. The summed E-state index contributed by atoms with van der Waals surface area (Å²) < 4.78 is 0. The zero-order valence-corrected chi connectivity index (χ0v) is 20.9. The second kappa shape index (κ2) is 8.28. The van der Waals surface area contributed by atoms with Gasteiger partial charge < -0.3 is 10.2 Å². The van der Waals surface area contributed by atoms with E-state index in [1.54, 1.807) is 0 Å². The number of likely N-dealkylation sites (tertiary alicyclic amines) is 2. The van der Waals surface area contributed by atoms with Crippen LogP contribution in [0.2, 0.25) is 0 Å². The van der Waals surface area contributed by atoms with E-state index >= 15 is 0 Å². The number of carbonyl (C=O) groups excluding carboxylic acids is 1. The van der Waals surface area contributed by atoms with Crippen molar-refractivity contribution < 1.29 is 15.0 Å². The molecule has 10 atom stereocenters. The zero-order valence-electron chi connectivity index (χ0n) is 20.9. The lowest BCUT2D eigenvalue weighted by molar-refractivity contribution is -0.155. The molecule has 6 rings (SSSR count). The van der Waals surface area contributed by atoms with Crippen LogP contribution in [-0.2, 0) is 4.79 Å². The summed E-state index contributed by atoms with van der Waals surface area (Å²) in [5.74, 6) is 3.11. The minimum Gasteiger partial charge on any atom is -0.391 e. The highest BCUT2D eigenvalue weighted by molar-refractivity contribution is 5.79. The van der Waals surface area contributed by atoms with Gasteiger partial charge in [0.1, 0.15) is 5.78 Å². The molecule has 0 bridgehead atoms. The van der Waals surface area contributed by atoms with E-state index in [0.717, 1.165) is 44.2 Å². The van der Waals surface area contributed by atoms with Gasteiger partial charge in [0, 0.05) is 38.0 Å². The van der Waals surface area contributed by atoms with E-state index in [4.69, 9.17) is 0 Å². The van der Waals surface area contributed by atoms with Crippen molar-refractivity contribution in [2.45, 2.75) is 109 Å². The molecule has 6 aliphatic rings. The van der Waals surface area contributed by atoms with E-state index in [1.807, 2.05) is 0 Å². The first-order valence-corrected chi connectivity index (χ1v) is 14.2. The highest BCUT2D eigenvalue weighted by atomic mass is 16.3. The van der Waals surface area contributed by atoms with Crippen LogP contribution >= 0.6 is 0 Å². The number of aliphatic hydroxyl groups is 2. The molecule has 2 saturated heterocycles. The minimum absolute atomic E-state index is 0.0818. The molecule has 2 aliphatic heterocycles. The number of aliphatic hydroxyl groups excluding tert-OH is 2. The molecule has 4 aliphatic carbocycles. The van der Waals surface area contributed by atoms with Gasteiger partial charge in [-0.3, -0.25) is 14.6 Å². The van der Waals surface area contributed by atoms with Gasteiger partial charge in [-0.25, -0.2) is 0 Å². The summed E-state index contributed by atoms with van der Waals surface area (Å²) >= 11 is 0. The largest absolute Gasteiger partial charge is 0.391 e. The first kappa shape index (κ1) is 22.9. The summed E-state index contributed by atoms with van der Waals surface area (Å²) in [6.45, 7) is 9.00. The second-order valence-electron chi connectivity index (χ2n) is 13.3. The first-order chi connectivity index (χ1) is 15.8. The third kappa shape index (κ3) is 3.50. The van der Waals surface area contributed by atoms with Gasteiger partial charge in [-0.15, -0.1) is 0 Å². The molecule has 0 aromatic carbocycles. The molecular formula is C28H46N2O3. The number of rotatable bonds is 2. The average molecular weight is 459 g/mol. The quantitative estimate of drug-likeness (QED) is 0.663. The molecule has 0 amide bonds. The standard InChI is InChI=1S/C28H46N2O3/c1-27-10-7-21-20(22(27)16-23(26(27)33)29-11-3-4-12-29)6-5-18-15-25(32)24(17-28(18,21)2)30-13-8-19(31)9-14-30/h18,20-26,32-33H,3-17H2,1-2H3/t18?,20-,21-,22+,23?,24?,25?,26?,27+,28+/m1/s1. The summed E-state index contributed by atoms with van der Waals surface area (Å²) in [7, 11) is 0. The molecule has 6 fully saturated rings. The van der Waals surface area contributed by atoms with Gasteiger partial charge in [0.15, 0.2) is 0 Å². The van der Waals surface area contributed by atoms with Crippen LogP contribution in [0, 0.1) is 34.5 Å². The van der Waals surface area contributed by atoms with E-state index in [9.17, 15) is 15.0 Å². The Morgan fingerprint density at radius 3 is 2.24 bits per heavy atom. The number of carbonyl (C=O) groups is 1. The van der Waals surface area contributed by atoms with Gasteiger partial charge in [-0.05, 0) is 105 Å². The third-order valence-electron chi connectivity index (χ3n) is 12.1. The van der Waals surface area contributed by atoms with Crippen LogP contribution in [-0.4, -0.2) is 76.3 Å². The average Bonchev–Trinajstić information content (AvgIpc) is 3.41. The summed E-state index contributed by atoms with van der Waals surface area (Å²) in [4.78, 5) is 16.9. The van der Waals surface area contributed by atoms with Crippen molar-refractivity contribution in [1.82, 2.24) is 9.80 Å². The minimum atomic E-state index is -0.241. The molecule has 2 N–H and O–H groups in total. The number of hydrogen-bond donors (Lipinski definition) is 2. The molecule has 5 heteroatoms. The van der Waals surface area contributed by atoms with E-state index in [1.165, 1.54) is 51.6 Å². The van der Waals surface area contributed by atoms with Gasteiger partial charge in [0.2, 0.25) is 0 Å². The Labute approximate surface area is 200 Å². The van der Waals surface area contributed by atoms with Crippen molar-refractivity contribution in [2.24, 2.45) is 34.5 Å². The predicted octanol–water partition coefficient (Wildman–Crippen LogP) is 3.47. The van der Waals surface area contributed by atoms with Crippen LogP contribution < -0.4 is 0 Å². The van der Waals surface area contributed by atoms with Crippen molar-refractivity contribution in [2.75, 3.05) is 26.2 Å². The van der Waals surface area contributed by atoms with Crippen molar-refractivity contribution in [3.8, 4) is 0 Å². The summed E-state index contributed by atoms with van der Waals surface area (Å²) in [6.07, 6.45) is 11.7. The SMILES string of the molecule is C[C@]12CC(N3CCC(=O)CC3)C(O)CC1CC[C@@H]1[C@H]2CC[C@]2(C)C(O)C(N3CCCC3)C[C@@H]12. The van der Waals surface area contributed by atoms with Crippen LogP contribution in [0.25, 0.3) is 0 Å². The molecular weight excluding hydrogens is 412 g/mol.